The lowest BCUT2D eigenvalue weighted by atomic mass is 10.0. The Bertz CT molecular complexity index is 720. The highest BCUT2D eigenvalue weighted by atomic mass is 35.5. The maximum absolute atomic E-state index is 12.5. The molecule has 1 aliphatic heterocycles. The van der Waals surface area contributed by atoms with Gasteiger partial charge in [-0.05, 0) is 18.6 Å². The standard InChI is InChI=1S/C15H16N2O3.ClH/c1-10-11-4-2-3-5-12(11)20-15(19)13(10)14(18)17-8-6-16-7-9-17;/h2-5,16H,6-9H2,1H3;1H. The van der Waals surface area contributed by atoms with Crippen LogP contribution < -0.4 is 10.9 Å². The van der Waals surface area contributed by atoms with Crippen molar-refractivity contribution in [2.45, 2.75) is 6.92 Å². The monoisotopic (exact) mass is 308 g/mol. The summed E-state index contributed by atoms with van der Waals surface area (Å²) in [5.74, 6) is -0.233. The lowest BCUT2D eigenvalue weighted by molar-refractivity contribution is 0.0731. The second-order valence-corrected chi connectivity index (χ2v) is 4.93. The molecule has 1 amide bonds. The van der Waals surface area contributed by atoms with Crippen molar-refractivity contribution in [3.8, 4) is 0 Å². The van der Waals surface area contributed by atoms with Crippen molar-refractivity contribution in [3.63, 3.8) is 0 Å². The molecule has 0 bridgehead atoms. The Kier molecular flexibility index (Phi) is 4.65. The average molecular weight is 309 g/mol. The van der Waals surface area contributed by atoms with Crippen molar-refractivity contribution in [3.05, 3.63) is 45.8 Å². The molecule has 1 aliphatic rings. The summed E-state index contributed by atoms with van der Waals surface area (Å²) in [6, 6.07) is 7.28. The van der Waals surface area contributed by atoms with Crippen molar-refractivity contribution in [1.29, 1.82) is 0 Å². The number of carbonyl (C=O) groups is 1. The maximum Gasteiger partial charge on any atom is 0.349 e. The predicted molar refractivity (Wildman–Crippen MR) is 83.2 cm³/mol. The van der Waals surface area contributed by atoms with Crippen LogP contribution in [0.15, 0.2) is 33.5 Å². The summed E-state index contributed by atoms with van der Waals surface area (Å²) in [4.78, 5) is 26.3. The van der Waals surface area contributed by atoms with Gasteiger partial charge in [0.05, 0.1) is 0 Å². The molecule has 0 atom stereocenters. The molecule has 3 rings (SSSR count). The zero-order valence-corrected chi connectivity index (χ0v) is 12.5. The Morgan fingerprint density at radius 3 is 2.62 bits per heavy atom. The van der Waals surface area contributed by atoms with E-state index in [1.54, 1.807) is 17.9 Å². The molecule has 5 nitrogen and oxygen atoms in total. The van der Waals surface area contributed by atoms with Crippen LogP contribution in [-0.2, 0) is 0 Å². The molecule has 2 heterocycles. The van der Waals surface area contributed by atoms with E-state index in [2.05, 4.69) is 5.32 Å². The first-order valence-corrected chi connectivity index (χ1v) is 6.71. The van der Waals surface area contributed by atoms with Crippen LogP contribution in [0.3, 0.4) is 0 Å². The van der Waals surface area contributed by atoms with E-state index < -0.39 is 5.63 Å². The molecule has 1 N–H and O–H groups in total. The van der Waals surface area contributed by atoms with Gasteiger partial charge in [0.1, 0.15) is 11.1 Å². The summed E-state index contributed by atoms with van der Waals surface area (Å²) in [5, 5.41) is 4.00. The Morgan fingerprint density at radius 2 is 1.90 bits per heavy atom. The molecular formula is C15H17ClN2O3. The predicted octanol–water partition coefficient (Wildman–Crippen LogP) is 1.57. The van der Waals surface area contributed by atoms with Crippen LogP contribution in [0.1, 0.15) is 15.9 Å². The zero-order chi connectivity index (χ0) is 14.1. The molecule has 21 heavy (non-hydrogen) atoms. The summed E-state index contributed by atoms with van der Waals surface area (Å²) >= 11 is 0. The van der Waals surface area contributed by atoms with Gasteiger partial charge in [0, 0.05) is 31.6 Å². The van der Waals surface area contributed by atoms with Gasteiger partial charge in [-0.15, -0.1) is 12.4 Å². The van der Waals surface area contributed by atoms with Gasteiger partial charge in [-0.25, -0.2) is 4.79 Å². The summed E-state index contributed by atoms with van der Waals surface area (Å²) in [7, 11) is 0. The fourth-order valence-electron chi connectivity index (χ4n) is 2.58. The third-order valence-corrected chi connectivity index (χ3v) is 3.69. The minimum atomic E-state index is -0.551. The first-order valence-electron chi connectivity index (χ1n) is 6.71. The van der Waals surface area contributed by atoms with Gasteiger partial charge in [-0.1, -0.05) is 18.2 Å². The highest BCUT2D eigenvalue weighted by Gasteiger charge is 2.24. The van der Waals surface area contributed by atoms with Crippen molar-refractivity contribution < 1.29 is 9.21 Å². The molecule has 1 saturated heterocycles. The minimum absolute atomic E-state index is 0. The van der Waals surface area contributed by atoms with Crippen LogP contribution in [0.25, 0.3) is 11.0 Å². The van der Waals surface area contributed by atoms with Gasteiger partial charge in [0.15, 0.2) is 0 Å². The number of piperazine rings is 1. The molecule has 0 saturated carbocycles. The largest absolute Gasteiger partial charge is 0.422 e. The van der Waals surface area contributed by atoms with E-state index in [1.165, 1.54) is 0 Å². The van der Waals surface area contributed by atoms with E-state index in [1.807, 2.05) is 18.2 Å². The van der Waals surface area contributed by atoms with Gasteiger partial charge in [0.2, 0.25) is 0 Å². The summed E-state index contributed by atoms with van der Waals surface area (Å²) in [5.41, 5.74) is 0.822. The Morgan fingerprint density at radius 1 is 1.24 bits per heavy atom. The van der Waals surface area contributed by atoms with Crippen molar-refractivity contribution in [2.24, 2.45) is 0 Å². The number of para-hydroxylation sites is 1. The highest BCUT2D eigenvalue weighted by molar-refractivity contribution is 5.99. The number of fused-ring (bicyclic) bond motifs is 1. The zero-order valence-electron chi connectivity index (χ0n) is 11.7. The molecule has 0 spiro atoms. The number of halogens is 1. The maximum atomic E-state index is 12.5. The van der Waals surface area contributed by atoms with E-state index in [-0.39, 0.29) is 23.9 Å². The Hall–Kier alpha value is -1.85. The lowest BCUT2D eigenvalue weighted by Crippen LogP contribution is -2.47. The molecular weight excluding hydrogens is 292 g/mol. The Balaban J connectivity index is 0.00000161. The topological polar surface area (TPSA) is 62.6 Å². The van der Waals surface area contributed by atoms with Crippen molar-refractivity contribution in [1.82, 2.24) is 10.2 Å². The minimum Gasteiger partial charge on any atom is -0.422 e. The van der Waals surface area contributed by atoms with Gasteiger partial charge in [0.25, 0.3) is 5.91 Å². The number of hydrogen-bond acceptors (Lipinski definition) is 4. The van der Waals surface area contributed by atoms with Gasteiger partial charge in [-0.2, -0.15) is 0 Å². The number of nitrogens with one attached hydrogen (secondary N) is 1. The third kappa shape index (κ3) is 2.80. The number of rotatable bonds is 1. The molecule has 0 radical (unpaired) electrons. The number of nitrogens with zero attached hydrogens (tertiary/aromatic N) is 1. The van der Waals surface area contributed by atoms with Crippen LogP contribution in [-0.4, -0.2) is 37.0 Å². The number of amides is 1. The summed E-state index contributed by atoms with van der Waals surface area (Å²) < 4.78 is 5.27. The van der Waals surface area contributed by atoms with Crippen LogP contribution >= 0.6 is 12.4 Å². The summed E-state index contributed by atoms with van der Waals surface area (Å²) in [6.45, 7) is 4.54. The molecule has 0 unspecified atom stereocenters. The van der Waals surface area contributed by atoms with Crippen LogP contribution in [0.2, 0.25) is 0 Å². The quantitative estimate of drug-likeness (QED) is 0.812. The van der Waals surface area contributed by atoms with Crippen molar-refractivity contribution >= 4 is 29.3 Å². The van der Waals surface area contributed by atoms with Gasteiger partial charge in [-0.3, -0.25) is 4.79 Å². The highest BCUT2D eigenvalue weighted by Crippen LogP contribution is 2.19. The molecule has 0 aliphatic carbocycles. The van der Waals surface area contributed by atoms with E-state index in [4.69, 9.17) is 4.42 Å². The summed E-state index contributed by atoms with van der Waals surface area (Å²) in [6.07, 6.45) is 0. The first kappa shape index (κ1) is 15.5. The van der Waals surface area contributed by atoms with Crippen LogP contribution in [0.4, 0.5) is 0 Å². The number of benzene rings is 1. The SMILES string of the molecule is Cc1c(C(=O)N2CCNCC2)c(=O)oc2ccccc12.Cl. The van der Waals surface area contributed by atoms with E-state index in [0.717, 1.165) is 18.5 Å². The fraction of sp³-hybridized carbons (Fsp3) is 0.333. The van der Waals surface area contributed by atoms with E-state index >= 15 is 0 Å². The molecule has 1 aromatic carbocycles. The third-order valence-electron chi connectivity index (χ3n) is 3.69. The van der Waals surface area contributed by atoms with Crippen LogP contribution in [0, 0.1) is 6.92 Å². The molecule has 2 aromatic rings. The smallest absolute Gasteiger partial charge is 0.349 e. The molecule has 112 valence electrons. The van der Waals surface area contributed by atoms with Crippen molar-refractivity contribution in [2.75, 3.05) is 26.2 Å². The normalized spacial score (nSPS) is 14.8. The molecule has 1 fully saturated rings. The fourth-order valence-corrected chi connectivity index (χ4v) is 2.58. The number of aryl methyl sites for hydroxylation is 1. The van der Waals surface area contributed by atoms with Gasteiger partial charge >= 0.3 is 5.63 Å². The second kappa shape index (κ2) is 6.28. The average Bonchev–Trinajstić information content (AvgIpc) is 2.48. The number of carbonyl (C=O) groups excluding carboxylic acids is 1. The molecule has 1 aromatic heterocycles. The molecule has 6 heteroatoms. The second-order valence-electron chi connectivity index (χ2n) is 4.93. The van der Waals surface area contributed by atoms with E-state index in [9.17, 15) is 9.59 Å². The first-order chi connectivity index (χ1) is 9.68. The number of hydrogen-bond donors (Lipinski definition) is 1. The Labute approximate surface area is 128 Å². The van der Waals surface area contributed by atoms with Gasteiger partial charge < -0.3 is 14.6 Å². The van der Waals surface area contributed by atoms with E-state index in [0.29, 0.717) is 24.2 Å². The van der Waals surface area contributed by atoms with Crippen LogP contribution in [0.5, 0.6) is 0 Å². The lowest BCUT2D eigenvalue weighted by Gasteiger charge is -2.27.